The number of hydrogen-bond acceptors (Lipinski definition) is 3. The van der Waals surface area contributed by atoms with E-state index in [0.29, 0.717) is 0 Å². The first kappa shape index (κ1) is 13.3. The van der Waals surface area contributed by atoms with Crippen LogP contribution in [0.15, 0.2) is 54.6 Å². The van der Waals surface area contributed by atoms with Gasteiger partial charge in [-0.2, -0.15) is 0 Å². The molecule has 3 nitrogen and oxygen atoms in total. The second-order valence-corrected chi connectivity index (χ2v) is 4.53. The van der Waals surface area contributed by atoms with Crippen LogP contribution in [-0.4, -0.2) is 20.2 Å². The van der Waals surface area contributed by atoms with Gasteiger partial charge in [-0.1, -0.05) is 24.3 Å². The molecule has 100 valence electrons. The molecule has 2 aromatic carbocycles. The molecule has 0 spiro atoms. The summed E-state index contributed by atoms with van der Waals surface area (Å²) in [6, 6.07) is 17.8. The lowest BCUT2D eigenvalue weighted by atomic mass is 10.2. The van der Waals surface area contributed by atoms with Crippen molar-refractivity contribution < 1.29 is 4.74 Å². The molecular formula is C16H20N2O. The van der Waals surface area contributed by atoms with Crippen LogP contribution in [-0.2, 0) is 0 Å². The second-order valence-electron chi connectivity index (χ2n) is 4.53. The number of nitrogen functional groups attached to an aromatic ring is 1. The predicted octanol–water partition coefficient (Wildman–Crippen LogP) is 3.17. The summed E-state index contributed by atoms with van der Waals surface area (Å²) in [5, 5.41) is 0. The van der Waals surface area contributed by atoms with Crippen molar-refractivity contribution in [3.8, 4) is 5.75 Å². The highest BCUT2D eigenvalue weighted by Gasteiger charge is 2.01. The van der Waals surface area contributed by atoms with E-state index in [2.05, 4.69) is 18.0 Å². The maximum Gasteiger partial charge on any atom is 0.119 e. The van der Waals surface area contributed by atoms with Gasteiger partial charge in [0.25, 0.3) is 0 Å². The molecule has 0 saturated heterocycles. The number of ether oxygens (including phenoxy) is 1. The molecule has 0 radical (unpaired) electrons. The third kappa shape index (κ3) is 4.21. The Labute approximate surface area is 114 Å². The standard InChI is InChI=1S/C16H20N2O/c1-18(15-8-5-7-14(17)13-15)11-6-12-19-16-9-3-2-4-10-16/h2-5,7-10,13H,6,11-12,17H2,1H3. The van der Waals surface area contributed by atoms with Gasteiger partial charge < -0.3 is 15.4 Å². The zero-order valence-electron chi connectivity index (χ0n) is 11.3. The Morgan fingerprint density at radius 3 is 2.58 bits per heavy atom. The Balaban J connectivity index is 1.74. The van der Waals surface area contributed by atoms with Gasteiger partial charge in [-0.05, 0) is 36.8 Å². The van der Waals surface area contributed by atoms with E-state index in [9.17, 15) is 0 Å². The van der Waals surface area contributed by atoms with Crippen LogP contribution in [0.3, 0.4) is 0 Å². The minimum absolute atomic E-state index is 0.719. The number of nitrogens with zero attached hydrogens (tertiary/aromatic N) is 1. The molecule has 3 heteroatoms. The molecule has 2 N–H and O–H groups in total. The van der Waals surface area contributed by atoms with E-state index < -0.39 is 0 Å². The molecule has 0 saturated carbocycles. The molecule has 0 amide bonds. The minimum Gasteiger partial charge on any atom is -0.494 e. The van der Waals surface area contributed by atoms with Crippen LogP contribution in [0.25, 0.3) is 0 Å². The van der Waals surface area contributed by atoms with Crippen molar-refractivity contribution in [3.05, 3.63) is 54.6 Å². The Kier molecular flexibility index (Phi) is 4.67. The summed E-state index contributed by atoms with van der Waals surface area (Å²) in [7, 11) is 2.07. The van der Waals surface area contributed by atoms with Crippen molar-refractivity contribution >= 4 is 11.4 Å². The van der Waals surface area contributed by atoms with Gasteiger partial charge in [0, 0.05) is 25.0 Å². The average Bonchev–Trinajstić information content (AvgIpc) is 2.44. The molecule has 0 atom stereocenters. The Bertz CT molecular complexity index is 499. The molecule has 2 rings (SSSR count). The van der Waals surface area contributed by atoms with Gasteiger partial charge in [0.2, 0.25) is 0 Å². The van der Waals surface area contributed by atoms with E-state index >= 15 is 0 Å². The van der Waals surface area contributed by atoms with Crippen molar-refractivity contribution in [1.29, 1.82) is 0 Å². The SMILES string of the molecule is CN(CCCOc1ccccc1)c1cccc(N)c1. The summed E-state index contributed by atoms with van der Waals surface area (Å²) in [6.45, 7) is 1.66. The molecular weight excluding hydrogens is 236 g/mol. The molecule has 0 unspecified atom stereocenters. The Morgan fingerprint density at radius 1 is 1.05 bits per heavy atom. The van der Waals surface area contributed by atoms with Crippen LogP contribution in [0.5, 0.6) is 5.75 Å². The van der Waals surface area contributed by atoms with Gasteiger partial charge in [0.05, 0.1) is 6.61 Å². The van der Waals surface area contributed by atoms with E-state index in [1.807, 2.05) is 48.5 Å². The van der Waals surface area contributed by atoms with Crippen LogP contribution in [0, 0.1) is 0 Å². The van der Waals surface area contributed by atoms with Crippen molar-refractivity contribution in [3.63, 3.8) is 0 Å². The smallest absolute Gasteiger partial charge is 0.119 e. The molecule has 0 fully saturated rings. The highest BCUT2D eigenvalue weighted by molar-refractivity contribution is 5.55. The highest BCUT2D eigenvalue weighted by Crippen LogP contribution is 2.16. The predicted molar refractivity (Wildman–Crippen MR) is 80.7 cm³/mol. The number of benzene rings is 2. The number of anilines is 2. The van der Waals surface area contributed by atoms with Crippen molar-refractivity contribution in [2.75, 3.05) is 30.8 Å². The van der Waals surface area contributed by atoms with Crippen molar-refractivity contribution in [1.82, 2.24) is 0 Å². The lowest BCUT2D eigenvalue weighted by molar-refractivity contribution is 0.312. The first-order valence-corrected chi connectivity index (χ1v) is 6.50. The fraction of sp³-hybridized carbons (Fsp3) is 0.250. The van der Waals surface area contributed by atoms with E-state index in [4.69, 9.17) is 10.5 Å². The van der Waals surface area contributed by atoms with Crippen LogP contribution < -0.4 is 15.4 Å². The highest BCUT2D eigenvalue weighted by atomic mass is 16.5. The summed E-state index contributed by atoms with van der Waals surface area (Å²) >= 11 is 0. The van der Waals surface area contributed by atoms with Crippen LogP contribution in [0.1, 0.15) is 6.42 Å². The zero-order chi connectivity index (χ0) is 13.5. The first-order chi connectivity index (χ1) is 9.25. The van der Waals surface area contributed by atoms with E-state index in [1.54, 1.807) is 0 Å². The van der Waals surface area contributed by atoms with Crippen molar-refractivity contribution in [2.24, 2.45) is 0 Å². The summed E-state index contributed by atoms with van der Waals surface area (Å²) in [4.78, 5) is 2.19. The van der Waals surface area contributed by atoms with Gasteiger partial charge in [0.15, 0.2) is 0 Å². The van der Waals surface area contributed by atoms with Crippen LogP contribution >= 0.6 is 0 Å². The van der Waals surface area contributed by atoms with Gasteiger partial charge in [-0.25, -0.2) is 0 Å². The number of para-hydroxylation sites is 1. The summed E-state index contributed by atoms with van der Waals surface area (Å²) in [5.74, 6) is 0.925. The van der Waals surface area contributed by atoms with Crippen LogP contribution in [0.4, 0.5) is 11.4 Å². The first-order valence-electron chi connectivity index (χ1n) is 6.50. The fourth-order valence-corrected chi connectivity index (χ4v) is 1.90. The van der Waals surface area contributed by atoms with Gasteiger partial charge in [-0.15, -0.1) is 0 Å². The zero-order valence-corrected chi connectivity index (χ0v) is 11.3. The maximum absolute atomic E-state index is 5.78. The third-order valence-electron chi connectivity index (χ3n) is 2.96. The number of rotatable bonds is 6. The summed E-state index contributed by atoms with van der Waals surface area (Å²) < 4.78 is 5.66. The maximum atomic E-state index is 5.78. The van der Waals surface area contributed by atoms with Crippen molar-refractivity contribution in [2.45, 2.75) is 6.42 Å². The van der Waals surface area contributed by atoms with E-state index in [0.717, 1.165) is 36.7 Å². The Morgan fingerprint density at radius 2 is 1.84 bits per heavy atom. The molecule has 0 heterocycles. The minimum atomic E-state index is 0.719. The lowest BCUT2D eigenvalue weighted by Crippen LogP contribution is -2.20. The largest absolute Gasteiger partial charge is 0.494 e. The lowest BCUT2D eigenvalue weighted by Gasteiger charge is -2.19. The molecule has 0 aliphatic rings. The second kappa shape index (κ2) is 6.69. The number of hydrogen-bond donors (Lipinski definition) is 1. The quantitative estimate of drug-likeness (QED) is 0.637. The monoisotopic (exact) mass is 256 g/mol. The number of nitrogens with two attached hydrogens (primary N) is 1. The molecule has 0 bridgehead atoms. The molecule has 0 aliphatic carbocycles. The van der Waals surface area contributed by atoms with Gasteiger partial charge >= 0.3 is 0 Å². The van der Waals surface area contributed by atoms with Gasteiger partial charge in [0.1, 0.15) is 5.75 Å². The normalized spacial score (nSPS) is 10.2. The summed E-state index contributed by atoms with van der Waals surface area (Å²) in [6.07, 6.45) is 0.972. The van der Waals surface area contributed by atoms with E-state index in [-0.39, 0.29) is 0 Å². The molecule has 19 heavy (non-hydrogen) atoms. The average molecular weight is 256 g/mol. The third-order valence-corrected chi connectivity index (χ3v) is 2.96. The fourth-order valence-electron chi connectivity index (χ4n) is 1.90. The molecule has 0 aromatic heterocycles. The molecule has 2 aromatic rings. The summed E-state index contributed by atoms with van der Waals surface area (Å²) in [5.41, 5.74) is 7.71. The van der Waals surface area contributed by atoms with Crippen LogP contribution in [0.2, 0.25) is 0 Å². The van der Waals surface area contributed by atoms with Gasteiger partial charge in [-0.3, -0.25) is 0 Å². The molecule has 0 aliphatic heterocycles. The van der Waals surface area contributed by atoms with E-state index in [1.165, 1.54) is 0 Å². The topological polar surface area (TPSA) is 38.5 Å². The Hall–Kier alpha value is -2.16.